The monoisotopic (exact) mass is 314 g/mol. The molecule has 0 aromatic heterocycles. The van der Waals surface area contributed by atoms with E-state index in [1.165, 1.54) is 12.1 Å². The van der Waals surface area contributed by atoms with Crippen molar-refractivity contribution in [2.75, 3.05) is 13.1 Å². The van der Waals surface area contributed by atoms with Gasteiger partial charge in [0.1, 0.15) is 5.82 Å². The maximum absolute atomic E-state index is 13.8. The van der Waals surface area contributed by atoms with Crippen molar-refractivity contribution in [1.82, 2.24) is 4.90 Å². The minimum Gasteiger partial charge on any atom is -0.336 e. The molecule has 0 spiro atoms. The number of rotatable bonds is 2. The van der Waals surface area contributed by atoms with Crippen molar-refractivity contribution in [1.29, 1.82) is 0 Å². The zero-order valence-electron chi connectivity index (χ0n) is 10.2. The molecule has 98 valence electrons. The largest absolute Gasteiger partial charge is 0.336 e. The van der Waals surface area contributed by atoms with Crippen LogP contribution >= 0.6 is 15.9 Å². The Bertz CT molecular complexity index is 466. The summed E-state index contributed by atoms with van der Waals surface area (Å²) < 4.78 is 14.4. The molecule has 2 unspecified atom stereocenters. The van der Waals surface area contributed by atoms with E-state index in [0.29, 0.717) is 23.5 Å². The van der Waals surface area contributed by atoms with E-state index < -0.39 is 5.82 Å². The molecular weight excluding hydrogens is 299 g/mol. The summed E-state index contributed by atoms with van der Waals surface area (Å²) in [5, 5.41) is 0. The van der Waals surface area contributed by atoms with Crippen molar-refractivity contribution < 1.29 is 9.18 Å². The second-order valence-corrected chi connectivity index (χ2v) is 5.68. The highest BCUT2D eigenvalue weighted by Gasteiger charge is 2.32. The van der Waals surface area contributed by atoms with Gasteiger partial charge in [0.25, 0.3) is 5.91 Å². The van der Waals surface area contributed by atoms with Crippen LogP contribution in [0.4, 0.5) is 4.39 Å². The average molecular weight is 315 g/mol. The molecule has 2 N–H and O–H groups in total. The Balaban J connectivity index is 2.21. The zero-order chi connectivity index (χ0) is 13.3. The lowest BCUT2D eigenvalue weighted by Crippen LogP contribution is -2.35. The van der Waals surface area contributed by atoms with Gasteiger partial charge in [-0.2, -0.15) is 0 Å². The molecule has 5 heteroatoms. The fourth-order valence-corrected chi connectivity index (χ4v) is 2.75. The van der Waals surface area contributed by atoms with Gasteiger partial charge in [-0.3, -0.25) is 4.79 Å². The maximum atomic E-state index is 13.8. The lowest BCUT2D eigenvalue weighted by Gasteiger charge is -2.21. The fourth-order valence-electron chi connectivity index (χ4n) is 2.41. The standard InChI is InChI=1S/C13H16BrFN2O/c1-8-4-9(6-16)7-17(8)13(18)11-3-2-10(14)5-12(11)15/h2-3,5,8-9H,4,6-7,16H2,1H3. The van der Waals surface area contributed by atoms with Crippen molar-refractivity contribution in [2.24, 2.45) is 11.7 Å². The molecule has 1 heterocycles. The third-order valence-electron chi connectivity index (χ3n) is 3.42. The molecule has 1 saturated heterocycles. The van der Waals surface area contributed by atoms with Gasteiger partial charge in [0.15, 0.2) is 0 Å². The maximum Gasteiger partial charge on any atom is 0.257 e. The third kappa shape index (κ3) is 2.57. The van der Waals surface area contributed by atoms with E-state index in [-0.39, 0.29) is 17.5 Å². The van der Waals surface area contributed by atoms with Gasteiger partial charge < -0.3 is 10.6 Å². The number of likely N-dealkylation sites (tertiary alicyclic amines) is 1. The molecule has 0 saturated carbocycles. The zero-order valence-corrected chi connectivity index (χ0v) is 11.8. The van der Waals surface area contributed by atoms with E-state index in [9.17, 15) is 9.18 Å². The Kier molecular flexibility index (Phi) is 4.02. The smallest absolute Gasteiger partial charge is 0.257 e. The third-order valence-corrected chi connectivity index (χ3v) is 3.91. The molecular formula is C13H16BrFN2O. The molecule has 1 aliphatic rings. The second-order valence-electron chi connectivity index (χ2n) is 4.77. The van der Waals surface area contributed by atoms with Crippen molar-refractivity contribution >= 4 is 21.8 Å². The summed E-state index contributed by atoms with van der Waals surface area (Å²) in [7, 11) is 0. The average Bonchev–Trinajstić information content (AvgIpc) is 2.70. The summed E-state index contributed by atoms with van der Waals surface area (Å²) in [6.07, 6.45) is 0.889. The van der Waals surface area contributed by atoms with Crippen LogP contribution in [0.25, 0.3) is 0 Å². The lowest BCUT2D eigenvalue weighted by atomic mass is 10.1. The van der Waals surface area contributed by atoms with Gasteiger partial charge in [0.2, 0.25) is 0 Å². The molecule has 1 amide bonds. The number of carbonyl (C=O) groups excluding carboxylic acids is 1. The number of carbonyl (C=O) groups is 1. The van der Waals surface area contributed by atoms with Crippen molar-refractivity contribution in [3.05, 3.63) is 34.1 Å². The summed E-state index contributed by atoms with van der Waals surface area (Å²) in [5.41, 5.74) is 5.76. The highest BCUT2D eigenvalue weighted by atomic mass is 79.9. The van der Waals surface area contributed by atoms with E-state index in [1.54, 1.807) is 11.0 Å². The topological polar surface area (TPSA) is 46.3 Å². The Hall–Kier alpha value is -0.940. The minimum absolute atomic E-state index is 0.120. The van der Waals surface area contributed by atoms with Crippen LogP contribution in [-0.4, -0.2) is 29.9 Å². The van der Waals surface area contributed by atoms with E-state index in [0.717, 1.165) is 6.42 Å². The summed E-state index contributed by atoms with van der Waals surface area (Å²) in [4.78, 5) is 14.0. The SMILES string of the molecule is CC1CC(CN)CN1C(=O)c1ccc(Br)cc1F. The van der Waals surface area contributed by atoms with Gasteiger partial charge >= 0.3 is 0 Å². The summed E-state index contributed by atoms with van der Waals surface area (Å²) >= 11 is 3.18. The summed E-state index contributed by atoms with van der Waals surface area (Å²) in [5.74, 6) is -0.413. The quantitative estimate of drug-likeness (QED) is 0.911. The van der Waals surface area contributed by atoms with Crippen LogP contribution in [0.3, 0.4) is 0 Å². The molecule has 0 aliphatic carbocycles. The molecule has 1 aromatic carbocycles. The first-order valence-corrected chi connectivity index (χ1v) is 6.78. The van der Waals surface area contributed by atoms with Gasteiger partial charge in [-0.15, -0.1) is 0 Å². The van der Waals surface area contributed by atoms with Crippen LogP contribution in [0.5, 0.6) is 0 Å². The van der Waals surface area contributed by atoms with E-state index in [1.807, 2.05) is 6.92 Å². The molecule has 0 bridgehead atoms. The van der Waals surface area contributed by atoms with Crippen molar-refractivity contribution in [2.45, 2.75) is 19.4 Å². The first-order chi connectivity index (χ1) is 8.52. The Morgan fingerprint density at radius 1 is 1.61 bits per heavy atom. The molecule has 2 rings (SSSR count). The number of halogens is 2. The number of amides is 1. The molecule has 1 aliphatic heterocycles. The summed E-state index contributed by atoms with van der Waals surface area (Å²) in [6, 6.07) is 4.63. The van der Waals surface area contributed by atoms with Crippen molar-refractivity contribution in [3.63, 3.8) is 0 Å². The van der Waals surface area contributed by atoms with E-state index in [4.69, 9.17) is 5.73 Å². The molecule has 2 atom stereocenters. The Morgan fingerprint density at radius 2 is 2.33 bits per heavy atom. The molecule has 1 fully saturated rings. The van der Waals surface area contributed by atoms with Crippen molar-refractivity contribution in [3.8, 4) is 0 Å². The highest BCUT2D eigenvalue weighted by molar-refractivity contribution is 9.10. The number of benzene rings is 1. The van der Waals surface area contributed by atoms with Gasteiger partial charge in [-0.25, -0.2) is 4.39 Å². The van der Waals surface area contributed by atoms with Gasteiger partial charge in [0.05, 0.1) is 5.56 Å². The predicted molar refractivity (Wildman–Crippen MR) is 71.8 cm³/mol. The predicted octanol–water partition coefficient (Wildman–Crippen LogP) is 2.40. The van der Waals surface area contributed by atoms with Crippen LogP contribution in [0.1, 0.15) is 23.7 Å². The Morgan fingerprint density at radius 3 is 2.89 bits per heavy atom. The van der Waals surface area contributed by atoms with Crippen LogP contribution in [-0.2, 0) is 0 Å². The summed E-state index contributed by atoms with van der Waals surface area (Å²) in [6.45, 7) is 3.16. The molecule has 1 aromatic rings. The number of hydrogen-bond acceptors (Lipinski definition) is 2. The highest BCUT2D eigenvalue weighted by Crippen LogP contribution is 2.25. The molecule has 3 nitrogen and oxygen atoms in total. The van der Waals surface area contributed by atoms with Crippen LogP contribution in [0.2, 0.25) is 0 Å². The first kappa shape index (κ1) is 13.5. The van der Waals surface area contributed by atoms with Crippen LogP contribution < -0.4 is 5.73 Å². The number of hydrogen-bond donors (Lipinski definition) is 1. The molecule has 18 heavy (non-hydrogen) atoms. The van der Waals surface area contributed by atoms with Gasteiger partial charge in [-0.1, -0.05) is 15.9 Å². The van der Waals surface area contributed by atoms with Gasteiger partial charge in [-0.05, 0) is 44.0 Å². The van der Waals surface area contributed by atoms with E-state index >= 15 is 0 Å². The van der Waals surface area contributed by atoms with E-state index in [2.05, 4.69) is 15.9 Å². The Labute approximate surface area is 114 Å². The number of nitrogens with two attached hydrogens (primary N) is 1. The normalized spacial score (nSPS) is 23.4. The van der Waals surface area contributed by atoms with Gasteiger partial charge in [0, 0.05) is 17.1 Å². The molecule has 0 radical (unpaired) electrons. The van der Waals surface area contributed by atoms with Crippen LogP contribution in [0, 0.1) is 11.7 Å². The first-order valence-electron chi connectivity index (χ1n) is 5.99. The fraction of sp³-hybridized carbons (Fsp3) is 0.462. The number of nitrogens with zero attached hydrogens (tertiary/aromatic N) is 1. The lowest BCUT2D eigenvalue weighted by molar-refractivity contribution is 0.0738. The minimum atomic E-state index is -0.488. The second kappa shape index (κ2) is 5.36. The van der Waals surface area contributed by atoms with Crippen LogP contribution in [0.15, 0.2) is 22.7 Å².